The van der Waals surface area contributed by atoms with Crippen LogP contribution in [0.5, 0.6) is 0 Å². The first-order chi connectivity index (χ1) is 7.66. The first-order valence-corrected chi connectivity index (χ1v) is 5.68. The molecular weight excluding hydrogens is 226 g/mol. The predicted octanol–water partition coefficient (Wildman–Crippen LogP) is 1.53. The number of rotatable bonds is 3. The van der Waals surface area contributed by atoms with Crippen LogP contribution >= 0.6 is 11.6 Å². The summed E-state index contributed by atoms with van der Waals surface area (Å²) in [5.74, 6) is 0.507. The van der Waals surface area contributed by atoms with Gasteiger partial charge in [-0.3, -0.25) is 4.79 Å². The van der Waals surface area contributed by atoms with E-state index < -0.39 is 0 Å². The van der Waals surface area contributed by atoms with E-state index in [1.54, 1.807) is 18.3 Å². The summed E-state index contributed by atoms with van der Waals surface area (Å²) in [4.78, 5) is 15.7. The van der Waals surface area contributed by atoms with Crippen LogP contribution in [-0.2, 0) is 4.79 Å². The fourth-order valence-electron chi connectivity index (χ4n) is 1.58. The zero-order valence-corrected chi connectivity index (χ0v) is 9.79. The molecule has 1 aliphatic rings. The van der Waals surface area contributed by atoms with Gasteiger partial charge in [0.1, 0.15) is 5.15 Å². The van der Waals surface area contributed by atoms with Crippen LogP contribution in [0.4, 0.5) is 5.69 Å². The third-order valence-electron chi connectivity index (χ3n) is 2.93. The lowest BCUT2D eigenvalue weighted by Gasteiger charge is -2.31. The number of anilines is 1. The lowest BCUT2D eigenvalue weighted by atomic mass is 9.88. The van der Waals surface area contributed by atoms with E-state index in [0.717, 1.165) is 13.1 Å². The molecule has 0 aromatic carbocycles. The summed E-state index contributed by atoms with van der Waals surface area (Å²) >= 11 is 5.66. The van der Waals surface area contributed by atoms with Crippen molar-refractivity contribution >= 4 is 23.2 Å². The molecule has 1 aromatic heterocycles. The van der Waals surface area contributed by atoms with E-state index in [1.807, 2.05) is 6.92 Å². The van der Waals surface area contributed by atoms with Crippen LogP contribution in [0, 0.1) is 11.8 Å². The van der Waals surface area contributed by atoms with Gasteiger partial charge < -0.3 is 10.6 Å². The highest BCUT2D eigenvalue weighted by atomic mass is 35.5. The average Bonchev–Trinajstić information content (AvgIpc) is 2.19. The fraction of sp³-hybridized carbons (Fsp3) is 0.455. The molecule has 0 aliphatic carbocycles. The van der Waals surface area contributed by atoms with Gasteiger partial charge in [-0.1, -0.05) is 18.5 Å². The number of hydrogen-bond donors (Lipinski definition) is 2. The van der Waals surface area contributed by atoms with Crippen molar-refractivity contribution in [3.05, 3.63) is 23.5 Å². The molecule has 0 saturated carbocycles. The molecule has 1 saturated heterocycles. The van der Waals surface area contributed by atoms with Crippen molar-refractivity contribution in [1.82, 2.24) is 10.3 Å². The van der Waals surface area contributed by atoms with E-state index in [2.05, 4.69) is 15.6 Å². The molecule has 1 atom stereocenters. The molecule has 1 aromatic rings. The third kappa shape index (κ3) is 2.51. The minimum absolute atomic E-state index is 0.0249. The van der Waals surface area contributed by atoms with Gasteiger partial charge in [-0.2, -0.15) is 0 Å². The standard InChI is InChI=1S/C11H14ClN3O/c1-7(8-4-13-5-8)11(16)15-9-2-3-10(12)14-6-9/h2-3,6-8,13H,4-5H2,1H3,(H,15,16). The molecule has 1 fully saturated rings. The van der Waals surface area contributed by atoms with Gasteiger partial charge in [-0.15, -0.1) is 0 Å². The number of carbonyl (C=O) groups is 1. The van der Waals surface area contributed by atoms with Gasteiger partial charge in [0, 0.05) is 5.92 Å². The lowest BCUT2D eigenvalue weighted by Crippen LogP contribution is -2.48. The highest BCUT2D eigenvalue weighted by Crippen LogP contribution is 2.18. The predicted molar refractivity (Wildman–Crippen MR) is 63.4 cm³/mol. The first kappa shape index (κ1) is 11.4. The molecule has 5 heteroatoms. The molecule has 0 spiro atoms. The Labute approximate surface area is 99.4 Å². The highest BCUT2D eigenvalue weighted by molar-refractivity contribution is 6.29. The fourth-order valence-corrected chi connectivity index (χ4v) is 1.70. The summed E-state index contributed by atoms with van der Waals surface area (Å²) in [6, 6.07) is 3.41. The molecular formula is C11H14ClN3O. The van der Waals surface area contributed by atoms with Crippen molar-refractivity contribution in [2.75, 3.05) is 18.4 Å². The molecule has 16 heavy (non-hydrogen) atoms. The van der Waals surface area contributed by atoms with E-state index in [0.29, 0.717) is 16.8 Å². The van der Waals surface area contributed by atoms with Gasteiger partial charge in [0.15, 0.2) is 0 Å². The van der Waals surface area contributed by atoms with Crippen LogP contribution in [0.3, 0.4) is 0 Å². The van der Waals surface area contributed by atoms with Crippen molar-refractivity contribution in [2.45, 2.75) is 6.92 Å². The maximum absolute atomic E-state index is 11.8. The second-order valence-electron chi connectivity index (χ2n) is 4.07. The van der Waals surface area contributed by atoms with E-state index in [9.17, 15) is 4.79 Å². The Morgan fingerprint density at radius 3 is 2.88 bits per heavy atom. The van der Waals surface area contributed by atoms with Crippen molar-refractivity contribution in [2.24, 2.45) is 11.8 Å². The number of pyridine rings is 1. The molecule has 2 N–H and O–H groups in total. The zero-order valence-electron chi connectivity index (χ0n) is 9.03. The van der Waals surface area contributed by atoms with Crippen LogP contribution in [0.1, 0.15) is 6.92 Å². The van der Waals surface area contributed by atoms with E-state index in [-0.39, 0.29) is 11.8 Å². The second-order valence-corrected chi connectivity index (χ2v) is 4.45. The summed E-state index contributed by atoms with van der Waals surface area (Å²) in [6.07, 6.45) is 1.56. The van der Waals surface area contributed by atoms with E-state index in [1.165, 1.54) is 0 Å². The molecule has 0 radical (unpaired) electrons. The van der Waals surface area contributed by atoms with Crippen LogP contribution in [-0.4, -0.2) is 24.0 Å². The van der Waals surface area contributed by atoms with Crippen molar-refractivity contribution in [3.8, 4) is 0 Å². The monoisotopic (exact) mass is 239 g/mol. The lowest BCUT2D eigenvalue weighted by molar-refractivity contribution is -0.121. The first-order valence-electron chi connectivity index (χ1n) is 5.30. The van der Waals surface area contributed by atoms with Gasteiger partial charge in [-0.05, 0) is 31.1 Å². The molecule has 2 rings (SSSR count). The Morgan fingerprint density at radius 1 is 1.62 bits per heavy atom. The molecule has 86 valence electrons. The Kier molecular flexibility index (Phi) is 3.41. The molecule has 4 nitrogen and oxygen atoms in total. The van der Waals surface area contributed by atoms with Crippen LogP contribution in [0.2, 0.25) is 5.15 Å². The Balaban J connectivity index is 1.93. The minimum atomic E-state index is 0.0249. The number of amides is 1. The Bertz CT molecular complexity index is 375. The SMILES string of the molecule is CC(C(=O)Nc1ccc(Cl)nc1)C1CNC1. The van der Waals surface area contributed by atoms with Gasteiger partial charge in [0.25, 0.3) is 0 Å². The molecule has 2 heterocycles. The van der Waals surface area contributed by atoms with Crippen LogP contribution < -0.4 is 10.6 Å². The number of nitrogens with zero attached hydrogens (tertiary/aromatic N) is 1. The van der Waals surface area contributed by atoms with E-state index in [4.69, 9.17) is 11.6 Å². The molecule has 1 aliphatic heterocycles. The molecule has 1 amide bonds. The van der Waals surface area contributed by atoms with Gasteiger partial charge >= 0.3 is 0 Å². The Morgan fingerprint density at radius 2 is 2.38 bits per heavy atom. The smallest absolute Gasteiger partial charge is 0.227 e. The third-order valence-corrected chi connectivity index (χ3v) is 3.15. The van der Waals surface area contributed by atoms with Gasteiger partial charge in [0.05, 0.1) is 11.9 Å². The minimum Gasteiger partial charge on any atom is -0.324 e. The van der Waals surface area contributed by atoms with Crippen LogP contribution in [0.25, 0.3) is 0 Å². The maximum atomic E-state index is 11.8. The summed E-state index contributed by atoms with van der Waals surface area (Å²) in [6.45, 7) is 3.80. The quantitative estimate of drug-likeness (QED) is 0.787. The largest absolute Gasteiger partial charge is 0.324 e. The number of aromatic nitrogens is 1. The van der Waals surface area contributed by atoms with Gasteiger partial charge in [0.2, 0.25) is 5.91 Å². The molecule has 1 unspecified atom stereocenters. The van der Waals surface area contributed by atoms with Crippen molar-refractivity contribution < 1.29 is 4.79 Å². The number of carbonyl (C=O) groups excluding carboxylic acids is 1. The number of hydrogen-bond acceptors (Lipinski definition) is 3. The Hall–Kier alpha value is -1.13. The topological polar surface area (TPSA) is 54.0 Å². The van der Waals surface area contributed by atoms with E-state index >= 15 is 0 Å². The van der Waals surface area contributed by atoms with Crippen molar-refractivity contribution in [3.63, 3.8) is 0 Å². The maximum Gasteiger partial charge on any atom is 0.227 e. The van der Waals surface area contributed by atoms with Gasteiger partial charge in [-0.25, -0.2) is 4.98 Å². The van der Waals surface area contributed by atoms with Crippen LogP contribution in [0.15, 0.2) is 18.3 Å². The number of nitrogens with one attached hydrogen (secondary N) is 2. The number of halogens is 1. The summed E-state index contributed by atoms with van der Waals surface area (Å²) < 4.78 is 0. The average molecular weight is 240 g/mol. The zero-order chi connectivity index (χ0) is 11.5. The highest BCUT2D eigenvalue weighted by Gasteiger charge is 2.28. The van der Waals surface area contributed by atoms with Crippen molar-refractivity contribution in [1.29, 1.82) is 0 Å². The summed E-state index contributed by atoms with van der Waals surface area (Å²) in [5, 5.41) is 6.41. The molecule has 0 bridgehead atoms. The summed E-state index contributed by atoms with van der Waals surface area (Å²) in [7, 11) is 0. The normalized spacial score (nSPS) is 17.6. The second kappa shape index (κ2) is 4.80. The summed E-state index contributed by atoms with van der Waals surface area (Å²) in [5.41, 5.74) is 0.688.